The van der Waals surface area contributed by atoms with E-state index in [1.54, 1.807) is 0 Å². The van der Waals surface area contributed by atoms with Crippen molar-refractivity contribution in [2.45, 2.75) is 6.92 Å². The van der Waals surface area contributed by atoms with Crippen LogP contribution in [0, 0.1) is 6.92 Å². The number of hydrogen-bond donors (Lipinski definition) is 2. The molecule has 0 atom stereocenters. The molecular formula is C18H15N3OS2. The standard InChI is InChI=1S/C18H15N3OS2/c1-12-7-9-14(10-8-12)19-17(23)21-18-20-16(22)15(24-18)11-13-5-3-2-4-6-13/h2-11H,1H3,(H2,19,20,21,22,23)/b15-11+. The summed E-state index contributed by atoms with van der Waals surface area (Å²) in [5, 5.41) is 6.55. The highest BCUT2D eigenvalue weighted by atomic mass is 32.2. The maximum atomic E-state index is 12.0. The van der Waals surface area contributed by atoms with Crippen LogP contribution in [0.3, 0.4) is 0 Å². The van der Waals surface area contributed by atoms with Crippen molar-refractivity contribution < 1.29 is 4.79 Å². The molecule has 1 aliphatic rings. The fraction of sp³-hybridized carbons (Fsp3) is 0.0556. The largest absolute Gasteiger partial charge is 0.331 e. The Morgan fingerprint density at radius 2 is 1.88 bits per heavy atom. The van der Waals surface area contributed by atoms with Gasteiger partial charge in [0, 0.05) is 5.69 Å². The Morgan fingerprint density at radius 3 is 2.58 bits per heavy atom. The van der Waals surface area contributed by atoms with E-state index < -0.39 is 0 Å². The predicted molar refractivity (Wildman–Crippen MR) is 105 cm³/mol. The van der Waals surface area contributed by atoms with Crippen molar-refractivity contribution >= 4 is 51.9 Å². The summed E-state index contributed by atoms with van der Waals surface area (Å²) in [5.41, 5.74) is 3.01. The lowest BCUT2D eigenvalue weighted by atomic mass is 10.2. The second-order valence-corrected chi connectivity index (χ2v) is 6.61. The van der Waals surface area contributed by atoms with Gasteiger partial charge in [-0.05, 0) is 54.7 Å². The van der Waals surface area contributed by atoms with Gasteiger partial charge in [0.25, 0.3) is 5.91 Å². The number of nitrogens with one attached hydrogen (secondary N) is 2. The second kappa shape index (κ2) is 7.42. The van der Waals surface area contributed by atoms with E-state index in [9.17, 15) is 4.79 Å². The molecule has 120 valence electrons. The fourth-order valence-electron chi connectivity index (χ4n) is 2.06. The predicted octanol–water partition coefficient (Wildman–Crippen LogP) is 3.95. The third kappa shape index (κ3) is 4.31. The topological polar surface area (TPSA) is 53.5 Å². The molecule has 1 heterocycles. The summed E-state index contributed by atoms with van der Waals surface area (Å²) < 4.78 is 0. The molecule has 3 rings (SSSR count). The molecule has 6 heteroatoms. The Labute approximate surface area is 150 Å². The van der Waals surface area contributed by atoms with Crippen molar-refractivity contribution in [3.8, 4) is 0 Å². The number of anilines is 1. The van der Waals surface area contributed by atoms with Gasteiger partial charge in [0.1, 0.15) is 0 Å². The lowest BCUT2D eigenvalue weighted by molar-refractivity contribution is -0.115. The molecule has 1 fully saturated rings. The van der Waals surface area contributed by atoms with Gasteiger partial charge in [-0.25, -0.2) is 0 Å². The number of nitrogens with zero attached hydrogens (tertiary/aromatic N) is 1. The van der Waals surface area contributed by atoms with E-state index in [4.69, 9.17) is 12.2 Å². The number of amidine groups is 1. The van der Waals surface area contributed by atoms with Crippen molar-refractivity contribution in [3.05, 3.63) is 70.6 Å². The Kier molecular flexibility index (Phi) is 5.08. The summed E-state index contributed by atoms with van der Waals surface area (Å²) in [6, 6.07) is 17.5. The Hall–Kier alpha value is -2.44. The zero-order chi connectivity index (χ0) is 16.9. The van der Waals surface area contributed by atoms with E-state index in [-0.39, 0.29) is 5.91 Å². The smallest absolute Gasteiger partial charge is 0.264 e. The van der Waals surface area contributed by atoms with E-state index in [1.807, 2.05) is 67.6 Å². The first-order valence-electron chi connectivity index (χ1n) is 7.32. The number of aryl methyl sites for hydroxylation is 1. The second-order valence-electron chi connectivity index (χ2n) is 5.19. The van der Waals surface area contributed by atoms with Crippen molar-refractivity contribution in [2.24, 2.45) is 4.99 Å². The van der Waals surface area contributed by atoms with Crippen LogP contribution in [-0.4, -0.2) is 16.2 Å². The molecule has 0 aromatic heterocycles. The number of thioether (sulfide) groups is 1. The molecule has 0 unspecified atom stereocenters. The molecule has 4 nitrogen and oxygen atoms in total. The summed E-state index contributed by atoms with van der Waals surface area (Å²) in [4.78, 5) is 16.9. The number of carbonyl (C=O) groups excluding carboxylic acids is 1. The molecule has 0 spiro atoms. The average Bonchev–Trinajstić information content (AvgIpc) is 2.90. The highest BCUT2D eigenvalue weighted by Gasteiger charge is 2.24. The summed E-state index contributed by atoms with van der Waals surface area (Å²) in [6.45, 7) is 2.02. The van der Waals surface area contributed by atoms with Gasteiger partial charge in [-0.15, -0.1) is 0 Å². The molecule has 2 aromatic rings. The van der Waals surface area contributed by atoms with E-state index in [0.717, 1.165) is 11.3 Å². The van der Waals surface area contributed by atoms with Crippen LogP contribution in [0.1, 0.15) is 11.1 Å². The van der Waals surface area contributed by atoms with Gasteiger partial charge in [-0.2, -0.15) is 4.99 Å². The molecule has 2 aromatic carbocycles. The lowest BCUT2D eigenvalue weighted by Crippen LogP contribution is -2.21. The number of amides is 1. The Bertz CT molecular complexity index is 827. The van der Waals surface area contributed by atoms with Crippen molar-refractivity contribution in [3.63, 3.8) is 0 Å². The zero-order valence-electron chi connectivity index (χ0n) is 12.9. The minimum atomic E-state index is -0.166. The minimum Gasteiger partial charge on any atom is -0.331 e. The monoisotopic (exact) mass is 353 g/mol. The van der Waals surface area contributed by atoms with Crippen LogP contribution in [0.5, 0.6) is 0 Å². The Morgan fingerprint density at radius 1 is 1.17 bits per heavy atom. The summed E-state index contributed by atoms with van der Waals surface area (Å²) in [6.07, 6.45) is 1.83. The zero-order valence-corrected chi connectivity index (χ0v) is 14.6. The molecule has 0 bridgehead atoms. The molecular weight excluding hydrogens is 338 g/mol. The molecule has 1 amide bonds. The fourth-order valence-corrected chi connectivity index (χ4v) is 3.16. The van der Waals surface area contributed by atoms with Gasteiger partial charge in [0.05, 0.1) is 4.91 Å². The Balaban J connectivity index is 1.68. The van der Waals surface area contributed by atoms with E-state index in [1.165, 1.54) is 17.3 Å². The van der Waals surface area contributed by atoms with Crippen molar-refractivity contribution in [2.75, 3.05) is 5.32 Å². The van der Waals surface area contributed by atoms with Crippen LogP contribution >= 0.6 is 24.0 Å². The first-order valence-corrected chi connectivity index (χ1v) is 8.55. The highest BCUT2D eigenvalue weighted by Crippen LogP contribution is 2.26. The summed E-state index contributed by atoms with van der Waals surface area (Å²) >= 11 is 6.51. The maximum Gasteiger partial charge on any atom is 0.264 e. The lowest BCUT2D eigenvalue weighted by Gasteiger charge is -2.04. The molecule has 1 saturated heterocycles. The summed E-state index contributed by atoms with van der Waals surface area (Å²) in [7, 11) is 0. The highest BCUT2D eigenvalue weighted by molar-refractivity contribution is 8.18. The molecule has 0 radical (unpaired) electrons. The number of rotatable bonds is 2. The first-order chi connectivity index (χ1) is 11.6. The number of benzene rings is 2. The van der Waals surface area contributed by atoms with Gasteiger partial charge < -0.3 is 10.6 Å². The van der Waals surface area contributed by atoms with Crippen LogP contribution in [0.2, 0.25) is 0 Å². The normalized spacial score (nSPS) is 17.1. The van der Waals surface area contributed by atoms with Crippen molar-refractivity contribution in [1.82, 2.24) is 5.32 Å². The molecule has 24 heavy (non-hydrogen) atoms. The SMILES string of the molecule is Cc1ccc(NC(=S)/N=C2\NC(=O)/C(=C\c3ccccc3)S2)cc1. The van der Waals surface area contributed by atoms with Crippen LogP contribution in [0.4, 0.5) is 5.69 Å². The van der Waals surface area contributed by atoms with Gasteiger partial charge in [-0.1, -0.05) is 48.0 Å². The molecule has 0 saturated carbocycles. The van der Waals surface area contributed by atoms with Crippen LogP contribution in [0.25, 0.3) is 6.08 Å². The number of thiocarbonyl (C=S) groups is 1. The van der Waals surface area contributed by atoms with Crippen LogP contribution in [-0.2, 0) is 4.79 Å². The average molecular weight is 353 g/mol. The number of hydrogen-bond acceptors (Lipinski definition) is 3. The van der Waals surface area contributed by atoms with Crippen LogP contribution in [0.15, 0.2) is 64.5 Å². The van der Waals surface area contributed by atoms with E-state index in [0.29, 0.717) is 15.2 Å². The number of aliphatic imine (C=N–C) groups is 1. The van der Waals surface area contributed by atoms with Gasteiger partial charge >= 0.3 is 0 Å². The van der Waals surface area contributed by atoms with Crippen molar-refractivity contribution in [1.29, 1.82) is 0 Å². The first kappa shape index (κ1) is 16.4. The maximum absolute atomic E-state index is 12.0. The van der Waals surface area contributed by atoms with Crippen LogP contribution < -0.4 is 10.6 Å². The van der Waals surface area contributed by atoms with Gasteiger partial charge in [0.2, 0.25) is 0 Å². The third-order valence-electron chi connectivity index (χ3n) is 3.25. The molecule has 0 aliphatic carbocycles. The molecule has 1 aliphatic heterocycles. The van der Waals surface area contributed by atoms with E-state index >= 15 is 0 Å². The number of carbonyl (C=O) groups is 1. The minimum absolute atomic E-state index is 0.166. The third-order valence-corrected chi connectivity index (χ3v) is 4.36. The van der Waals surface area contributed by atoms with Gasteiger partial charge in [-0.3, -0.25) is 4.79 Å². The quantitative estimate of drug-likeness (QED) is 0.634. The van der Waals surface area contributed by atoms with E-state index in [2.05, 4.69) is 15.6 Å². The summed E-state index contributed by atoms with van der Waals surface area (Å²) in [5.74, 6) is -0.166. The van der Waals surface area contributed by atoms with Gasteiger partial charge in [0.15, 0.2) is 10.3 Å². The molecule has 2 N–H and O–H groups in total.